The Morgan fingerprint density at radius 3 is 2.09 bits per heavy atom. The van der Waals surface area contributed by atoms with E-state index in [2.05, 4.69) is 33.8 Å². The summed E-state index contributed by atoms with van der Waals surface area (Å²) in [6.45, 7) is -0.731. The summed E-state index contributed by atoms with van der Waals surface area (Å²) in [7, 11) is -7.99. The zero-order chi connectivity index (χ0) is 34.6. The third-order valence-electron chi connectivity index (χ3n) is 6.64. The van der Waals surface area contributed by atoms with Gasteiger partial charge in [0.15, 0.2) is 17.7 Å². The minimum Gasteiger partial charge on any atom is -0.497 e. The number of carbonyl (C=O) groups is 1. The molecule has 4 unspecified atom stereocenters. The molecule has 1 fully saturated rings. The number of aliphatic hydroxyl groups is 1. The monoisotopic (exact) mass is 726 g/mol. The maximum atomic E-state index is 13.4. The molecule has 1 aliphatic heterocycles. The van der Waals surface area contributed by atoms with Gasteiger partial charge in [0.05, 0.1) is 33.2 Å². The number of methoxy groups -OCH3 is 2. The molecule has 24 heteroatoms. The number of aliphatic hydroxyl groups excluding tert-OH is 1. The lowest BCUT2D eigenvalue weighted by Gasteiger charge is -2.25. The molecular formula is C23H33N6O15P3. The molecule has 2 aromatic heterocycles. The molecule has 4 N–H and O–H groups in total. The summed E-state index contributed by atoms with van der Waals surface area (Å²) in [6, 6.07) is 3.14. The number of nitrogen functional groups attached to an aromatic ring is 1. The molecule has 260 valence electrons. The third kappa shape index (κ3) is 8.17. The van der Waals surface area contributed by atoms with Gasteiger partial charge in [0.25, 0.3) is 5.91 Å². The summed E-state index contributed by atoms with van der Waals surface area (Å²) >= 11 is 0. The number of carbonyl (C=O) groups excluding carboxylic acids is 1. The lowest BCUT2D eigenvalue weighted by Crippen LogP contribution is -2.48. The van der Waals surface area contributed by atoms with E-state index in [4.69, 9.17) is 37.6 Å². The third-order valence-corrected chi connectivity index (χ3v) is 12.1. The highest BCUT2D eigenvalue weighted by Gasteiger charge is 2.49. The van der Waals surface area contributed by atoms with Crippen LogP contribution in [0.3, 0.4) is 0 Å². The van der Waals surface area contributed by atoms with Crippen LogP contribution < -0.4 is 20.5 Å². The second-order valence-electron chi connectivity index (χ2n) is 9.27. The van der Waals surface area contributed by atoms with E-state index in [1.165, 1.54) is 43.6 Å². The van der Waals surface area contributed by atoms with E-state index in [9.17, 15) is 23.6 Å². The Bertz CT molecular complexity index is 1700. The minimum atomic E-state index is -4.99. The van der Waals surface area contributed by atoms with E-state index >= 15 is 0 Å². The Hall–Kier alpha value is -3.03. The number of hydrogen-bond acceptors (Lipinski definition) is 19. The number of rotatable bonds is 16. The highest BCUT2D eigenvalue weighted by Crippen LogP contribution is 2.72. The predicted octanol–water partition coefficient (Wildman–Crippen LogP) is 2.44. The largest absolute Gasteiger partial charge is 0.497 e. The molecule has 0 bridgehead atoms. The Balaban J connectivity index is 1.64. The van der Waals surface area contributed by atoms with Crippen LogP contribution in [0, 0.1) is 0 Å². The van der Waals surface area contributed by atoms with Crippen molar-refractivity contribution in [3.05, 3.63) is 36.4 Å². The van der Waals surface area contributed by atoms with Gasteiger partial charge in [-0.1, -0.05) is 0 Å². The molecular weight excluding hydrogens is 693 g/mol. The molecule has 1 aromatic carbocycles. The van der Waals surface area contributed by atoms with E-state index in [0.717, 1.165) is 28.4 Å². The number of nitrogens with two attached hydrogens (primary N) is 1. The fraction of sp³-hybridized carbons (Fsp3) is 0.478. The lowest BCUT2D eigenvalue weighted by atomic mass is 10.1. The molecule has 0 spiro atoms. The second kappa shape index (κ2) is 15.0. The first-order chi connectivity index (χ1) is 22.3. The van der Waals surface area contributed by atoms with E-state index in [-0.39, 0.29) is 22.5 Å². The van der Waals surface area contributed by atoms with Crippen molar-refractivity contribution in [1.29, 1.82) is 0 Å². The highest BCUT2D eigenvalue weighted by molar-refractivity contribution is 7.67. The number of amides is 1. The van der Waals surface area contributed by atoms with Crippen LogP contribution in [-0.2, 0) is 49.7 Å². The molecule has 47 heavy (non-hydrogen) atoms. The fourth-order valence-corrected chi connectivity index (χ4v) is 8.72. The number of nitrogens with zero attached hydrogens (tertiary/aromatic N) is 4. The van der Waals surface area contributed by atoms with Crippen LogP contribution in [0.5, 0.6) is 11.5 Å². The average molecular weight is 726 g/mol. The summed E-state index contributed by atoms with van der Waals surface area (Å²) in [5.41, 5.74) is 6.40. The lowest BCUT2D eigenvalue weighted by molar-refractivity contribution is -0.0488. The number of nitrogens with one attached hydrogen (secondary N) is 1. The molecule has 0 aliphatic carbocycles. The average Bonchev–Trinajstić information content (AvgIpc) is 3.64. The maximum absolute atomic E-state index is 13.4. The van der Waals surface area contributed by atoms with Crippen molar-refractivity contribution < 1.29 is 69.0 Å². The number of anilines is 1. The standard InChI is InChI=1S/C23H33N6O15P3/c1-35-14-7-13(8-15(9-14)36-2)22(31)28-17-16(42-23(19(17)30)29-12-27-18-20(24)25-11-26-21(18)29)10-41-46(33,39-5)44-47(34,40-6)43-45(32,37-3)38-4/h7-9,11-12,16-17,19,23,30H,10H2,1-6H3,(H,28,31)(H2,24,25,26)/t16-,17?,19?,23-,46?,47?/m1/s1. The molecule has 1 aliphatic rings. The number of phosphoric acid groups is 3. The summed E-state index contributed by atoms with van der Waals surface area (Å²) < 4.78 is 90.4. The number of imidazole rings is 1. The Kier molecular flexibility index (Phi) is 11.8. The van der Waals surface area contributed by atoms with Crippen molar-refractivity contribution >= 4 is 46.4 Å². The SMILES string of the molecule is COc1cc(OC)cc(C(=O)NC2C(O)[C@H](n3cnc4c(N)ncnc43)O[C@@H]2COP(=O)(OC)OP(=O)(OC)OP(=O)(OC)OC)c1. The number of ether oxygens (including phenoxy) is 3. The highest BCUT2D eigenvalue weighted by atomic mass is 31.3. The van der Waals surface area contributed by atoms with Gasteiger partial charge in [-0.3, -0.25) is 32.0 Å². The number of aromatic nitrogens is 4. The number of fused-ring (bicyclic) bond motifs is 1. The van der Waals surface area contributed by atoms with Crippen LogP contribution in [0.25, 0.3) is 11.2 Å². The van der Waals surface area contributed by atoms with Crippen LogP contribution in [0.1, 0.15) is 16.6 Å². The van der Waals surface area contributed by atoms with Crippen LogP contribution in [0.4, 0.5) is 5.82 Å². The van der Waals surface area contributed by atoms with Crippen molar-refractivity contribution in [2.75, 3.05) is 55.0 Å². The Morgan fingerprint density at radius 1 is 0.915 bits per heavy atom. The molecule has 3 aromatic rings. The van der Waals surface area contributed by atoms with Crippen LogP contribution >= 0.6 is 23.5 Å². The molecule has 21 nitrogen and oxygen atoms in total. The summed E-state index contributed by atoms with van der Waals surface area (Å²) in [6.07, 6.45) is -1.61. The summed E-state index contributed by atoms with van der Waals surface area (Å²) in [5.74, 6) is -0.00692. The molecule has 0 saturated carbocycles. The summed E-state index contributed by atoms with van der Waals surface area (Å²) in [4.78, 5) is 25.7. The van der Waals surface area contributed by atoms with Gasteiger partial charge in [0.2, 0.25) is 0 Å². The van der Waals surface area contributed by atoms with Gasteiger partial charge in [-0.15, -0.1) is 0 Å². The van der Waals surface area contributed by atoms with Gasteiger partial charge in [0.1, 0.15) is 35.6 Å². The molecule has 6 atom stereocenters. The van der Waals surface area contributed by atoms with Gasteiger partial charge in [-0.2, -0.15) is 8.62 Å². The molecule has 0 radical (unpaired) electrons. The van der Waals surface area contributed by atoms with E-state index in [1.807, 2.05) is 0 Å². The van der Waals surface area contributed by atoms with E-state index < -0.39 is 60.5 Å². The Labute approximate surface area is 267 Å². The van der Waals surface area contributed by atoms with Gasteiger partial charge >= 0.3 is 23.5 Å². The van der Waals surface area contributed by atoms with Crippen molar-refractivity contribution in [3.8, 4) is 11.5 Å². The van der Waals surface area contributed by atoms with Crippen molar-refractivity contribution in [3.63, 3.8) is 0 Å². The van der Waals surface area contributed by atoms with Crippen LogP contribution in [-0.4, -0.2) is 98.0 Å². The predicted molar refractivity (Wildman–Crippen MR) is 159 cm³/mol. The normalized spacial score (nSPS) is 22.4. The van der Waals surface area contributed by atoms with Crippen LogP contribution in [0.2, 0.25) is 0 Å². The van der Waals surface area contributed by atoms with Crippen molar-refractivity contribution in [2.24, 2.45) is 0 Å². The van der Waals surface area contributed by atoms with Crippen molar-refractivity contribution in [2.45, 2.75) is 24.5 Å². The maximum Gasteiger partial charge on any atom is 0.492 e. The first kappa shape index (κ1) is 36.8. The Morgan fingerprint density at radius 2 is 1.51 bits per heavy atom. The first-order valence-electron chi connectivity index (χ1n) is 13.2. The van der Waals surface area contributed by atoms with Gasteiger partial charge in [-0.25, -0.2) is 28.6 Å². The number of hydrogen-bond donors (Lipinski definition) is 3. The van der Waals surface area contributed by atoms with E-state index in [0.29, 0.717) is 11.5 Å². The quantitative estimate of drug-likeness (QED) is 0.179. The van der Waals surface area contributed by atoms with Gasteiger partial charge < -0.3 is 30.4 Å². The van der Waals surface area contributed by atoms with Crippen molar-refractivity contribution in [1.82, 2.24) is 24.8 Å². The second-order valence-corrected chi connectivity index (χ2v) is 15.0. The topological polar surface area (TPSA) is 262 Å². The molecule has 1 amide bonds. The molecule has 1 saturated heterocycles. The van der Waals surface area contributed by atoms with Gasteiger partial charge in [0, 0.05) is 40.1 Å². The van der Waals surface area contributed by atoms with Gasteiger partial charge in [-0.05, 0) is 12.1 Å². The molecule has 4 rings (SSSR count). The summed E-state index contributed by atoms with van der Waals surface area (Å²) in [5, 5.41) is 14.1. The van der Waals surface area contributed by atoms with E-state index in [1.54, 1.807) is 6.07 Å². The number of benzene rings is 1. The molecule has 3 heterocycles. The number of phosphoric ester groups is 2. The zero-order valence-corrected chi connectivity index (χ0v) is 28.5. The fourth-order valence-electron chi connectivity index (χ4n) is 4.26. The first-order valence-corrected chi connectivity index (χ1v) is 17.6. The minimum absolute atomic E-state index is 0.0624. The zero-order valence-electron chi connectivity index (χ0n) is 25.8. The van der Waals surface area contributed by atoms with Crippen LogP contribution in [0.15, 0.2) is 30.9 Å². The smallest absolute Gasteiger partial charge is 0.492 e.